The molecule has 4 aliphatic rings. The fourth-order valence-electron chi connectivity index (χ4n) is 10.7. The van der Waals surface area contributed by atoms with E-state index in [4.69, 9.17) is 23.7 Å². The lowest BCUT2D eigenvalue weighted by Crippen LogP contribution is -2.61. The van der Waals surface area contributed by atoms with E-state index in [1.807, 2.05) is 58.1 Å². The number of ketones is 3. The van der Waals surface area contributed by atoms with Crippen LogP contribution in [0.2, 0.25) is 0 Å². The number of methoxy groups -OCH3 is 3. The highest BCUT2D eigenvalue weighted by molar-refractivity contribution is 6.39. The average molecular weight is 966 g/mol. The molecule has 3 fully saturated rings. The topological polar surface area (TPSA) is 219 Å². The summed E-state index contributed by atoms with van der Waals surface area (Å²) in [5.41, 5.74) is 1.27. The third-order valence-electron chi connectivity index (χ3n) is 15.2. The van der Waals surface area contributed by atoms with E-state index in [0.717, 1.165) is 18.4 Å². The van der Waals surface area contributed by atoms with Crippen molar-refractivity contribution < 1.29 is 57.9 Å². The van der Waals surface area contributed by atoms with E-state index >= 15 is 0 Å². The van der Waals surface area contributed by atoms with Gasteiger partial charge >= 0.3 is 5.97 Å². The molecule has 0 unspecified atom stereocenters. The molecular formula is C52H79N5O12. The van der Waals surface area contributed by atoms with Gasteiger partial charge in [-0.25, -0.2) is 9.48 Å². The van der Waals surface area contributed by atoms with E-state index in [1.54, 1.807) is 52.1 Å². The Morgan fingerprint density at radius 1 is 0.884 bits per heavy atom. The second-order valence-corrected chi connectivity index (χ2v) is 20.4. The van der Waals surface area contributed by atoms with E-state index in [9.17, 15) is 34.2 Å². The van der Waals surface area contributed by atoms with E-state index in [1.165, 1.54) is 12.0 Å². The molecule has 1 aromatic rings. The lowest BCUT2D eigenvalue weighted by Gasteiger charge is -2.42. The number of cyclic esters (lactones) is 1. The summed E-state index contributed by atoms with van der Waals surface area (Å²) in [7, 11) is 4.62. The highest BCUT2D eigenvalue weighted by Crippen LogP contribution is 2.39. The SMILES string of the molecule is CO[C@H]1C[C@@H]2CC[C@@H](C)[C@@](O)(O2)C(=O)C(=O)N2CCCC[C@H]2C(=O)O[C@H]([C@H](C)C[C@@H]2CC[C@H](n3cnnn3)[C@H](OC)C2)CC(=O)[C@H](C)/C=C(\C)[C@@H](O)[C@@H](OC)C(=O)[C@@H](C)C[C@H](C)/C=C/C=C/C=C/1C. The Balaban J connectivity index is 1.46. The van der Waals surface area contributed by atoms with E-state index in [0.29, 0.717) is 56.9 Å². The predicted octanol–water partition coefficient (Wildman–Crippen LogP) is 6.05. The van der Waals surface area contributed by atoms with Gasteiger partial charge in [0.05, 0.1) is 24.4 Å². The molecule has 3 aliphatic heterocycles. The monoisotopic (exact) mass is 966 g/mol. The number of fused-ring (bicyclic) bond motifs is 3. The standard InChI is InChI=1S/C52H79N5O12/c1-31-16-12-11-13-17-32(2)43(65-8)28-39-21-19-37(7)52(64,69-39)49(61)50(62)56-23-15-14-18-41(56)51(63)68-44(34(4)26-38-20-22-40(45(27-38)66-9)57-30-53-54-55-57)29-42(58)33(3)25-36(6)47(60)48(67-10)46(59)35(5)24-31/h11-13,16-17,25,30-31,33-35,37-41,43-45,47-48,60,64H,14-15,18-24,26-29H2,1-10H3/b13-11+,16-12+,32-17+,36-25+/t31-,33-,34-,35+,37-,38+,39+,40+,41+,43+,44+,45-,47-,48+,52-/m1/s1. The first-order valence-electron chi connectivity index (χ1n) is 25.0. The molecule has 1 aliphatic carbocycles. The number of aromatic nitrogens is 4. The van der Waals surface area contributed by atoms with Crippen molar-refractivity contribution in [2.24, 2.45) is 35.5 Å². The number of rotatable bonds is 7. The summed E-state index contributed by atoms with van der Waals surface area (Å²) < 4.78 is 31.6. The molecule has 1 amide bonds. The first-order valence-corrected chi connectivity index (χ1v) is 25.0. The number of ether oxygens (including phenoxy) is 5. The van der Waals surface area contributed by atoms with Crippen molar-refractivity contribution in [2.45, 2.75) is 180 Å². The quantitative estimate of drug-likeness (QED) is 0.181. The van der Waals surface area contributed by atoms with Crippen molar-refractivity contribution in [3.8, 4) is 0 Å². The number of nitrogens with zero attached hydrogens (tertiary/aromatic N) is 5. The lowest BCUT2D eigenvalue weighted by atomic mass is 9.77. The number of amides is 1. The van der Waals surface area contributed by atoms with Gasteiger partial charge in [-0.05, 0) is 117 Å². The van der Waals surface area contributed by atoms with Crippen LogP contribution in [0.1, 0.15) is 132 Å². The maximum Gasteiger partial charge on any atom is 0.329 e. The molecule has 0 radical (unpaired) electrons. The van der Waals surface area contributed by atoms with Gasteiger partial charge in [-0.3, -0.25) is 19.2 Å². The Hall–Kier alpha value is -4.26. The number of carbonyl (C=O) groups excluding carboxylic acids is 5. The summed E-state index contributed by atoms with van der Waals surface area (Å²) in [5, 5.41) is 35.2. The maximum atomic E-state index is 14.5. The van der Waals surface area contributed by atoms with Crippen LogP contribution in [-0.2, 0) is 47.7 Å². The average Bonchev–Trinajstić information content (AvgIpc) is 3.88. The number of esters is 1. The Bertz CT molecular complexity index is 2020. The van der Waals surface area contributed by atoms with Crippen molar-refractivity contribution in [3.63, 3.8) is 0 Å². The van der Waals surface area contributed by atoms with Crippen LogP contribution < -0.4 is 0 Å². The number of Topliss-reactive ketones (excluding diaryl/α,β-unsaturated/α-hetero) is 3. The Kier molecular flexibility index (Phi) is 20.8. The number of hydrogen-bond acceptors (Lipinski definition) is 15. The smallest absolute Gasteiger partial charge is 0.329 e. The summed E-state index contributed by atoms with van der Waals surface area (Å²) in [6.07, 6.45) is 13.9. The minimum absolute atomic E-state index is 0.0170. The summed E-state index contributed by atoms with van der Waals surface area (Å²) in [6, 6.07) is -1.19. The van der Waals surface area contributed by atoms with Gasteiger partial charge in [0.25, 0.3) is 11.7 Å². The van der Waals surface area contributed by atoms with Crippen molar-refractivity contribution in [2.75, 3.05) is 27.9 Å². The molecule has 15 atom stereocenters. The van der Waals surface area contributed by atoms with Crippen molar-refractivity contribution in [3.05, 3.63) is 53.9 Å². The number of aliphatic hydroxyl groups excluding tert-OH is 1. The number of tetrazole rings is 1. The number of aliphatic hydroxyl groups is 2. The van der Waals surface area contributed by atoms with Crippen LogP contribution in [0.15, 0.2) is 53.9 Å². The first-order chi connectivity index (χ1) is 32.8. The largest absolute Gasteiger partial charge is 0.460 e. The van der Waals surface area contributed by atoms with E-state index < -0.39 is 77.8 Å². The zero-order valence-corrected chi connectivity index (χ0v) is 42.5. The number of carbonyl (C=O) groups is 5. The van der Waals surface area contributed by atoms with Gasteiger partial charge in [0, 0.05) is 58.5 Å². The highest BCUT2D eigenvalue weighted by Gasteiger charge is 2.53. The van der Waals surface area contributed by atoms with Crippen LogP contribution in [0.4, 0.5) is 0 Å². The van der Waals surface area contributed by atoms with Crippen molar-refractivity contribution >= 4 is 29.2 Å². The zero-order valence-electron chi connectivity index (χ0n) is 42.5. The molecule has 2 N–H and O–H groups in total. The molecule has 1 saturated carbocycles. The van der Waals surface area contributed by atoms with E-state index in [2.05, 4.69) is 15.5 Å². The van der Waals surface area contributed by atoms with Crippen LogP contribution in [0.5, 0.6) is 0 Å². The second-order valence-electron chi connectivity index (χ2n) is 20.4. The zero-order chi connectivity index (χ0) is 50.6. The molecule has 2 saturated heterocycles. The molecular weight excluding hydrogens is 887 g/mol. The highest BCUT2D eigenvalue weighted by atomic mass is 16.6. The van der Waals surface area contributed by atoms with Gasteiger partial charge in [0.15, 0.2) is 5.78 Å². The molecule has 4 heterocycles. The van der Waals surface area contributed by atoms with Gasteiger partial charge < -0.3 is 38.8 Å². The Morgan fingerprint density at radius 3 is 2.32 bits per heavy atom. The summed E-state index contributed by atoms with van der Waals surface area (Å²) in [4.78, 5) is 72.3. The molecule has 1 aromatic heterocycles. The molecule has 0 spiro atoms. The second kappa shape index (κ2) is 25.7. The van der Waals surface area contributed by atoms with Crippen LogP contribution in [0.3, 0.4) is 0 Å². The third kappa shape index (κ3) is 14.2. The molecule has 69 heavy (non-hydrogen) atoms. The van der Waals surface area contributed by atoms with Crippen LogP contribution >= 0.6 is 0 Å². The van der Waals surface area contributed by atoms with Gasteiger partial charge in [0.1, 0.15) is 36.5 Å². The fourth-order valence-corrected chi connectivity index (χ4v) is 10.7. The molecule has 0 aromatic carbocycles. The van der Waals surface area contributed by atoms with Crippen molar-refractivity contribution in [1.29, 1.82) is 0 Å². The molecule has 17 heteroatoms. The van der Waals surface area contributed by atoms with Gasteiger partial charge in [-0.1, -0.05) is 71.1 Å². The third-order valence-corrected chi connectivity index (χ3v) is 15.2. The molecule has 5 rings (SSSR count). The fraction of sp³-hybridized carbons (Fsp3) is 0.731. The predicted molar refractivity (Wildman–Crippen MR) is 256 cm³/mol. The molecule has 384 valence electrons. The normalized spacial score (nSPS) is 38.8. The molecule has 2 bridgehead atoms. The minimum Gasteiger partial charge on any atom is -0.460 e. The Labute approximate surface area is 408 Å². The maximum absolute atomic E-state index is 14.5. The summed E-state index contributed by atoms with van der Waals surface area (Å²) >= 11 is 0. The van der Waals surface area contributed by atoms with E-state index in [-0.39, 0.29) is 60.9 Å². The Morgan fingerprint density at radius 2 is 1.64 bits per heavy atom. The first kappa shape index (κ1) is 55.7. The van der Waals surface area contributed by atoms with Crippen LogP contribution in [0.25, 0.3) is 0 Å². The number of piperidine rings is 1. The minimum atomic E-state index is -2.43. The summed E-state index contributed by atoms with van der Waals surface area (Å²) in [5.74, 6) is -7.92. The number of hydrogen-bond donors (Lipinski definition) is 2. The summed E-state index contributed by atoms with van der Waals surface area (Å²) in [6.45, 7) is 12.8. The lowest BCUT2D eigenvalue weighted by molar-refractivity contribution is -0.265. The van der Waals surface area contributed by atoms with Gasteiger partial charge in [-0.15, -0.1) is 5.10 Å². The van der Waals surface area contributed by atoms with Crippen LogP contribution in [-0.4, -0.2) is 141 Å². The van der Waals surface area contributed by atoms with Gasteiger partial charge in [0.2, 0.25) is 5.79 Å². The van der Waals surface area contributed by atoms with Crippen molar-refractivity contribution in [1.82, 2.24) is 25.1 Å². The van der Waals surface area contributed by atoms with Gasteiger partial charge in [-0.2, -0.15) is 0 Å². The molecule has 17 nitrogen and oxygen atoms in total. The van der Waals surface area contributed by atoms with Crippen LogP contribution in [0, 0.1) is 35.5 Å². The number of allylic oxidation sites excluding steroid dienone is 6.